The fraction of sp³-hybridized carbons (Fsp3) is 0.900. The Morgan fingerprint density at radius 2 is 1.41 bits per heavy atom. The molecule has 29 heteroatoms. The first kappa shape index (κ1) is 50.2. The molecule has 0 aromatic carbocycles. The minimum Gasteiger partial charge on any atom is -0.384 e. The van der Waals surface area contributed by atoms with Gasteiger partial charge in [-0.2, -0.15) is 0 Å². The van der Waals surface area contributed by atoms with Crippen molar-refractivity contribution in [2.75, 3.05) is 6.61 Å². The number of hydrogen-bond acceptors (Lipinski definition) is 7. The third kappa shape index (κ3) is 10.4. The van der Waals surface area contributed by atoms with Crippen molar-refractivity contribution in [3.63, 3.8) is 0 Å². The molecule has 0 spiro atoms. The highest BCUT2D eigenvalue weighted by Gasteiger charge is 2.74. The van der Waals surface area contributed by atoms with Crippen molar-refractivity contribution in [3.8, 4) is 0 Å². The molecule has 1 aliphatic heterocycles. The molecule has 0 radical (unpaired) electrons. The van der Waals surface area contributed by atoms with Crippen molar-refractivity contribution in [2.24, 2.45) is 34.5 Å². The lowest BCUT2D eigenvalue weighted by molar-refractivity contribution is -0.328. The molecule has 2 bridgehead atoms. The standard InChI is InChI=1S/C20H52O7P22/c1-8-10(26-42(48(39)45(33)34)49(46(35)36)47(37)38)5-9-15(25-40-28)16-19(4,17(22)14(21)13(8)18(9,2)3)11(6-12-20(16,23)7-24-12)27-41(43(29)30)44(31)32/h8-13,15-16,23,40H,5-7,28-39H2,1-4H3/t8?,9?,10-,11-,12+,13?,15+,16-,19+,20-,42?,48?/m0/s1. The molecule has 4 rings (SSSR count). The van der Waals surface area contributed by atoms with Gasteiger partial charge < -0.3 is 23.4 Å². The molecule has 1 heterocycles. The summed E-state index contributed by atoms with van der Waals surface area (Å²) in [6.07, 6.45) is -0.730. The van der Waals surface area contributed by atoms with E-state index in [1.165, 1.54) is 0 Å². The summed E-state index contributed by atoms with van der Waals surface area (Å²) in [5, 5.41) is 12.6. The van der Waals surface area contributed by atoms with Gasteiger partial charge in [-0.15, -0.1) is 89.3 Å². The van der Waals surface area contributed by atoms with E-state index in [1.807, 2.05) is 6.92 Å². The molecule has 3 saturated carbocycles. The van der Waals surface area contributed by atoms with E-state index in [9.17, 15) is 5.11 Å². The van der Waals surface area contributed by atoms with E-state index < -0.39 is 95.4 Å². The highest BCUT2D eigenvalue weighted by molar-refractivity contribution is 9.19. The van der Waals surface area contributed by atoms with Crippen molar-refractivity contribution in [1.29, 1.82) is 0 Å². The molecular formula is C20H52O7P22. The summed E-state index contributed by atoms with van der Waals surface area (Å²) in [6, 6.07) is 0. The molecule has 0 amide bonds. The van der Waals surface area contributed by atoms with Gasteiger partial charge in [0.1, 0.15) is 5.60 Å². The molecule has 18 unspecified atom stereocenters. The Hall–Kier alpha value is 8.60. The Morgan fingerprint density at radius 1 is 0.837 bits per heavy atom. The van der Waals surface area contributed by atoms with Crippen LogP contribution in [0.4, 0.5) is 0 Å². The van der Waals surface area contributed by atoms with Crippen molar-refractivity contribution in [3.05, 3.63) is 0 Å². The Bertz CT molecular complexity index is 1190. The maximum atomic E-state index is 15.2. The van der Waals surface area contributed by atoms with E-state index in [1.54, 1.807) is 0 Å². The van der Waals surface area contributed by atoms with Crippen LogP contribution in [0.5, 0.6) is 0 Å². The SMILES string of the molecule is CC1C2C(=O)C(=O)[C@]3(C)[C@@H](OP(P(P)P)P(P)P)C[C@H]4OC[C@@]4(O)[C@H]3[C@H](OPP)C(C[C@@H]1OP(P(P)P(P)P)P(P(P)P)P(P)P)C2(C)C. The van der Waals surface area contributed by atoms with Gasteiger partial charge in [0.05, 0.1) is 51.5 Å². The lowest BCUT2D eigenvalue weighted by Crippen LogP contribution is -2.78. The van der Waals surface area contributed by atoms with Gasteiger partial charge >= 0.3 is 0 Å². The average molecular weight is 1090 g/mol. The predicted octanol–water partition coefficient (Wildman–Crippen LogP) is 13.4. The molecule has 1 saturated heterocycles. The van der Waals surface area contributed by atoms with E-state index in [-0.39, 0.29) is 59.8 Å². The van der Waals surface area contributed by atoms with E-state index in [0.29, 0.717) is 12.8 Å². The summed E-state index contributed by atoms with van der Waals surface area (Å²) in [7, 11) is 34.2. The molecule has 4 fully saturated rings. The maximum Gasteiger partial charge on any atom is 0.207 e. The number of aliphatic hydroxyl groups is 1. The number of carbonyl (C=O) groups excluding carboxylic acids is 2. The van der Waals surface area contributed by atoms with Crippen molar-refractivity contribution >= 4 is 191 Å². The summed E-state index contributed by atoms with van der Waals surface area (Å²) in [4.78, 5) is 30.3. The Labute approximate surface area is 333 Å². The van der Waals surface area contributed by atoms with Crippen LogP contribution in [0, 0.1) is 34.5 Å². The van der Waals surface area contributed by atoms with Gasteiger partial charge in [-0.3, -0.25) is 9.59 Å². The predicted molar refractivity (Wildman–Crippen MR) is 277 cm³/mol. The summed E-state index contributed by atoms with van der Waals surface area (Å²) in [5.74, 6) is -2.31. The molecule has 7 nitrogen and oxygen atoms in total. The molecular weight excluding hydrogens is 1030 g/mol. The van der Waals surface area contributed by atoms with E-state index in [4.69, 9.17) is 18.3 Å². The fourth-order valence-electron chi connectivity index (χ4n) is 8.21. The summed E-state index contributed by atoms with van der Waals surface area (Å²) in [6.45, 7) is 5.10. The van der Waals surface area contributed by atoms with Gasteiger partial charge in [0.2, 0.25) is 11.6 Å². The van der Waals surface area contributed by atoms with Crippen molar-refractivity contribution < 1.29 is 33.0 Å². The maximum absolute atomic E-state index is 15.2. The van der Waals surface area contributed by atoms with Crippen LogP contribution in [-0.2, 0) is 27.9 Å². The van der Waals surface area contributed by atoms with Gasteiger partial charge in [-0.05, 0) is 65.5 Å². The molecule has 25 atom stereocenters. The number of carbonyl (C=O) groups is 2. The number of ether oxygens (including phenoxy) is 1. The second-order valence-corrected chi connectivity index (χ2v) is 87.0. The van der Waals surface area contributed by atoms with Crippen LogP contribution in [0.3, 0.4) is 0 Å². The number of fused-ring (bicyclic) bond motifs is 5. The number of ketones is 2. The Morgan fingerprint density at radius 3 is 1.86 bits per heavy atom. The van der Waals surface area contributed by atoms with Crippen LogP contribution in [-0.4, -0.2) is 53.3 Å². The Kier molecular flexibility index (Phi) is 21.4. The summed E-state index contributed by atoms with van der Waals surface area (Å²) in [5.41, 5.74) is -3.16. The number of Topliss-reactive ketones (excluding diaryl/α,β-unsaturated/α-hetero) is 2. The van der Waals surface area contributed by atoms with Gasteiger partial charge in [-0.1, -0.05) is 38.6 Å². The quantitative estimate of drug-likeness (QED) is 0.145. The van der Waals surface area contributed by atoms with Crippen LogP contribution in [0.25, 0.3) is 0 Å². The summed E-state index contributed by atoms with van der Waals surface area (Å²) >= 11 is 0. The smallest absolute Gasteiger partial charge is 0.207 e. The Balaban J connectivity index is 1.89. The zero-order valence-corrected chi connectivity index (χ0v) is 50.5. The molecule has 0 aromatic heterocycles. The van der Waals surface area contributed by atoms with Gasteiger partial charge in [0.25, 0.3) is 0 Å². The van der Waals surface area contributed by atoms with E-state index >= 15 is 9.59 Å². The topological polar surface area (TPSA) is 91.3 Å². The van der Waals surface area contributed by atoms with Crippen molar-refractivity contribution in [2.45, 2.75) is 70.6 Å². The molecule has 1 N–H and O–H groups in total. The largest absolute Gasteiger partial charge is 0.384 e. The number of rotatable bonds is 13. The molecule has 49 heavy (non-hydrogen) atoms. The third-order valence-corrected chi connectivity index (χ3v) is 105. The lowest BCUT2D eigenvalue weighted by atomic mass is 9.44. The van der Waals surface area contributed by atoms with Gasteiger partial charge in [0.15, 0.2) is 0 Å². The van der Waals surface area contributed by atoms with Crippen LogP contribution in [0.1, 0.15) is 40.5 Å². The highest BCUT2D eigenvalue weighted by Crippen LogP contribution is 3.17. The van der Waals surface area contributed by atoms with Crippen molar-refractivity contribution in [1.82, 2.24) is 0 Å². The van der Waals surface area contributed by atoms with Gasteiger partial charge in [-0.25, -0.2) is 0 Å². The van der Waals surface area contributed by atoms with Crippen LogP contribution in [0.2, 0.25) is 0 Å². The molecule has 284 valence electrons. The molecule has 0 aromatic rings. The summed E-state index contributed by atoms with van der Waals surface area (Å²) < 4.78 is 27.4. The average Bonchev–Trinajstić information content (AvgIpc) is 2.97. The fourth-order valence-corrected chi connectivity index (χ4v) is 138. The lowest BCUT2D eigenvalue weighted by Gasteiger charge is -2.66. The van der Waals surface area contributed by atoms with E-state index in [2.05, 4.69) is 128 Å². The van der Waals surface area contributed by atoms with Gasteiger partial charge in [0, 0.05) is 40.7 Å². The second kappa shape index (κ2) is 20.9. The monoisotopic (exact) mass is 1090 g/mol. The highest BCUT2D eigenvalue weighted by atomic mass is 33.2. The minimum absolute atomic E-state index is 0.0597. The first-order valence-electron chi connectivity index (χ1n) is 14.9. The molecule has 4 aliphatic rings. The zero-order valence-electron chi connectivity index (χ0n) is 27.6. The van der Waals surface area contributed by atoms with Crippen LogP contribution in [0.15, 0.2) is 0 Å². The van der Waals surface area contributed by atoms with Crippen LogP contribution >= 0.6 is 180 Å². The first-order valence-corrected chi connectivity index (χ1v) is 52.2. The molecule has 3 aliphatic carbocycles. The second-order valence-electron chi connectivity index (χ2n) is 13.4. The zero-order chi connectivity index (χ0) is 37.1. The van der Waals surface area contributed by atoms with Crippen LogP contribution < -0.4 is 0 Å². The normalized spacial score (nSPS) is 39.3. The third-order valence-electron chi connectivity index (χ3n) is 10.5. The minimum atomic E-state index is -1.31. The van der Waals surface area contributed by atoms with E-state index in [0.717, 1.165) is 0 Å². The number of hydrogen-bond donors (Lipinski definition) is 1. The first-order chi connectivity index (χ1) is 22.6.